The lowest BCUT2D eigenvalue weighted by molar-refractivity contribution is -0.141. The second kappa shape index (κ2) is 6.64. The van der Waals surface area contributed by atoms with Crippen LogP contribution in [-0.2, 0) is 9.53 Å². The van der Waals surface area contributed by atoms with Gasteiger partial charge in [-0.15, -0.1) is 0 Å². The summed E-state index contributed by atoms with van der Waals surface area (Å²) in [6, 6.07) is -0.911. The number of nitrogens with one attached hydrogen (secondary N) is 1. The number of nitrogens with zero attached hydrogens (tertiary/aromatic N) is 1. The molecule has 5 atom stereocenters. The van der Waals surface area contributed by atoms with Crippen LogP contribution < -0.4 is 5.32 Å². The highest BCUT2D eigenvalue weighted by Crippen LogP contribution is 2.29. The number of amides is 2. The molecule has 5 unspecified atom stereocenters. The van der Waals surface area contributed by atoms with E-state index in [1.165, 1.54) is 4.90 Å². The Morgan fingerprint density at radius 1 is 1.24 bits per heavy atom. The molecule has 6 nitrogen and oxygen atoms in total. The Morgan fingerprint density at radius 3 is 2.52 bits per heavy atom. The monoisotopic (exact) mass is 298 g/mol. The number of rotatable bonds is 3. The largest absolute Gasteiger partial charge is 0.480 e. The maximum atomic E-state index is 12.4. The van der Waals surface area contributed by atoms with Gasteiger partial charge in [-0.25, -0.2) is 9.59 Å². The summed E-state index contributed by atoms with van der Waals surface area (Å²) in [6.45, 7) is 4.73. The number of carboxylic acids is 1. The normalized spacial score (nSPS) is 36.5. The fourth-order valence-corrected chi connectivity index (χ4v) is 3.55. The zero-order chi connectivity index (χ0) is 15.6. The van der Waals surface area contributed by atoms with E-state index in [1.807, 2.05) is 0 Å². The summed E-state index contributed by atoms with van der Waals surface area (Å²) in [4.78, 5) is 25.1. The van der Waals surface area contributed by atoms with E-state index in [1.54, 1.807) is 7.11 Å². The van der Waals surface area contributed by atoms with Crippen LogP contribution in [0.2, 0.25) is 0 Å². The van der Waals surface area contributed by atoms with Crippen LogP contribution in [0.3, 0.4) is 0 Å². The summed E-state index contributed by atoms with van der Waals surface area (Å²) in [7, 11) is 1.55. The van der Waals surface area contributed by atoms with E-state index in [0.29, 0.717) is 24.8 Å². The van der Waals surface area contributed by atoms with Crippen molar-refractivity contribution in [3.8, 4) is 0 Å². The van der Waals surface area contributed by atoms with Crippen LogP contribution in [0.5, 0.6) is 0 Å². The van der Waals surface area contributed by atoms with Gasteiger partial charge in [0.2, 0.25) is 0 Å². The van der Waals surface area contributed by atoms with Crippen molar-refractivity contribution in [2.24, 2.45) is 11.8 Å². The molecule has 1 aliphatic carbocycles. The van der Waals surface area contributed by atoms with Gasteiger partial charge in [-0.05, 0) is 31.1 Å². The average molecular weight is 298 g/mol. The third-order valence-corrected chi connectivity index (χ3v) is 4.88. The summed E-state index contributed by atoms with van der Waals surface area (Å²) >= 11 is 0. The van der Waals surface area contributed by atoms with Crippen molar-refractivity contribution >= 4 is 12.0 Å². The number of ether oxygens (including phenoxy) is 1. The number of hydrogen-bond acceptors (Lipinski definition) is 3. The molecule has 2 fully saturated rings. The summed E-state index contributed by atoms with van der Waals surface area (Å²) in [5, 5.41) is 12.3. The fourth-order valence-electron chi connectivity index (χ4n) is 3.55. The second-order valence-electron chi connectivity index (χ2n) is 6.55. The van der Waals surface area contributed by atoms with Crippen LogP contribution in [0.4, 0.5) is 4.79 Å². The molecule has 1 saturated carbocycles. The van der Waals surface area contributed by atoms with Crippen molar-refractivity contribution in [2.45, 2.75) is 57.7 Å². The lowest BCUT2D eigenvalue weighted by Gasteiger charge is -2.34. The fraction of sp³-hybridized carbons (Fsp3) is 0.867. The number of methoxy groups -OCH3 is 1. The molecule has 6 heteroatoms. The minimum atomic E-state index is -0.963. The standard InChI is InChI=1S/C15H26N2O4/c1-9-4-5-12(10(2)6-9)16-15(20)17-8-11(21-3)7-13(17)14(18)19/h9-13H,4-8H2,1-3H3,(H,16,20)(H,18,19). The SMILES string of the molecule is COC1CC(C(=O)O)N(C(=O)NC2CCC(C)CC2C)C1. The Morgan fingerprint density at radius 2 is 1.95 bits per heavy atom. The number of urea groups is 1. The van der Waals surface area contributed by atoms with Gasteiger partial charge < -0.3 is 20.1 Å². The van der Waals surface area contributed by atoms with E-state index < -0.39 is 12.0 Å². The predicted octanol–water partition coefficient (Wildman–Crippen LogP) is 1.69. The van der Waals surface area contributed by atoms with Crippen LogP contribution in [0.1, 0.15) is 39.5 Å². The van der Waals surface area contributed by atoms with Gasteiger partial charge in [0.05, 0.1) is 6.10 Å². The van der Waals surface area contributed by atoms with Gasteiger partial charge in [0, 0.05) is 26.1 Å². The maximum Gasteiger partial charge on any atom is 0.326 e. The number of carboxylic acid groups (broad SMARTS) is 1. The van der Waals surface area contributed by atoms with Gasteiger partial charge in [-0.1, -0.05) is 13.8 Å². The van der Waals surface area contributed by atoms with Crippen LogP contribution in [0, 0.1) is 11.8 Å². The maximum absolute atomic E-state index is 12.4. The first-order valence-corrected chi connectivity index (χ1v) is 7.75. The van der Waals surface area contributed by atoms with E-state index in [9.17, 15) is 14.7 Å². The second-order valence-corrected chi connectivity index (χ2v) is 6.55. The highest BCUT2D eigenvalue weighted by molar-refractivity contribution is 5.83. The van der Waals surface area contributed by atoms with Crippen LogP contribution in [-0.4, -0.2) is 53.8 Å². The van der Waals surface area contributed by atoms with Crippen molar-refractivity contribution < 1.29 is 19.4 Å². The molecular formula is C15H26N2O4. The first-order valence-electron chi connectivity index (χ1n) is 7.75. The smallest absolute Gasteiger partial charge is 0.326 e. The van der Waals surface area contributed by atoms with Gasteiger partial charge >= 0.3 is 12.0 Å². The first kappa shape index (κ1) is 16.1. The Kier molecular flexibility index (Phi) is 5.08. The van der Waals surface area contributed by atoms with Crippen molar-refractivity contribution in [3.05, 3.63) is 0 Å². The van der Waals surface area contributed by atoms with Crippen molar-refractivity contribution in [2.75, 3.05) is 13.7 Å². The van der Waals surface area contributed by atoms with Crippen LogP contribution in [0.25, 0.3) is 0 Å². The molecule has 0 aromatic carbocycles. The highest BCUT2D eigenvalue weighted by Gasteiger charge is 2.40. The minimum absolute atomic E-state index is 0.143. The zero-order valence-electron chi connectivity index (χ0n) is 13.0. The predicted molar refractivity (Wildman–Crippen MR) is 78.0 cm³/mol. The first-order chi connectivity index (χ1) is 9.92. The lowest BCUT2D eigenvalue weighted by Crippen LogP contribution is -2.51. The summed E-state index contributed by atoms with van der Waals surface area (Å²) in [5.41, 5.74) is 0. The van der Waals surface area contributed by atoms with Gasteiger partial charge in [0.25, 0.3) is 0 Å². The topological polar surface area (TPSA) is 78.9 Å². The quantitative estimate of drug-likeness (QED) is 0.831. The van der Waals surface area contributed by atoms with Gasteiger partial charge in [-0.3, -0.25) is 0 Å². The van der Waals surface area contributed by atoms with E-state index >= 15 is 0 Å². The Hall–Kier alpha value is -1.30. The molecule has 1 saturated heterocycles. The summed E-state index contributed by atoms with van der Waals surface area (Å²) in [6.07, 6.45) is 3.34. The van der Waals surface area contributed by atoms with Gasteiger partial charge in [-0.2, -0.15) is 0 Å². The summed E-state index contributed by atoms with van der Waals surface area (Å²) < 4.78 is 5.21. The molecular weight excluding hydrogens is 272 g/mol. The van der Waals surface area contributed by atoms with Gasteiger partial charge in [0.1, 0.15) is 6.04 Å². The average Bonchev–Trinajstić information content (AvgIpc) is 2.86. The number of hydrogen-bond donors (Lipinski definition) is 2. The van der Waals surface area contributed by atoms with Crippen LogP contribution >= 0.6 is 0 Å². The van der Waals surface area contributed by atoms with Crippen molar-refractivity contribution in [1.29, 1.82) is 0 Å². The zero-order valence-corrected chi connectivity index (χ0v) is 13.0. The Balaban J connectivity index is 1.97. The van der Waals surface area contributed by atoms with E-state index in [4.69, 9.17) is 4.74 Å². The summed E-state index contributed by atoms with van der Waals surface area (Å²) in [5.74, 6) is 0.168. The Bertz CT molecular complexity index is 401. The van der Waals surface area contributed by atoms with E-state index in [2.05, 4.69) is 19.2 Å². The third kappa shape index (κ3) is 3.67. The number of aliphatic carboxylic acids is 1. The number of carbonyl (C=O) groups is 2. The van der Waals surface area contributed by atoms with Gasteiger partial charge in [0.15, 0.2) is 0 Å². The molecule has 120 valence electrons. The third-order valence-electron chi connectivity index (χ3n) is 4.88. The highest BCUT2D eigenvalue weighted by atomic mass is 16.5. The molecule has 2 N–H and O–H groups in total. The van der Waals surface area contributed by atoms with Crippen molar-refractivity contribution in [1.82, 2.24) is 10.2 Å². The van der Waals surface area contributed by atoms with Crippen molar-refractivity contribution in [3.63, 3.8) is 0 Å². The molecule has 21 heavy (non-hydrogen) atoms. The molecule has 2 amide bonds. The minimum Gasteiger partial charge on any atom is -0.480 e. The molecule has 0 aromatic heterocycles. The molecule has 0 spiro atoms. The number of likely N-dealkylation sites (tertiary alicyclic amines) is 1. The molecule has 2 rings (SSSR count). The molecule has 2 aliphatic rings. The Labute approximate surface area is 125 Å². The number of carbonyl (C=O) groups excluding carboxylic acids is 1. The molecule has 0 bridgehead atoms. The van der Waals surface area contributed by atoms with E-state index in [0.717, 1.165) is 19.3 Å². The molecule has 1 aliphatic heterocycles. The van der Waals surface area contributed by atoms with E-state index in [-0.39, 0.29) is 18.2 Å². The van der Waals surface area contributed by atoms with Crippen LogP contribution in [0.15, 0.2) is 0 Å². The molecule has 0 radical (unpaired) electrons. The molecule has 1 heterocycles. The lowest BCUT2D eigenvalue weighted by atomic mass is 9.80. The molecule has 0 aromatic rings.